The van der Waals surface area contributed by atoms with Gasteiger partial charge in [-0.3, -0.25) is 4.98 Å². The molecule has 0 N–H and O–H groups in total. The van der Waals surface area contributed by atoms with Crippen LogP contribution >= 0.6 is 23.2 Å². The van der Waals surface area contributed by atoms with Crippen LogP contribution < -0.4 is 4.74 Å². The van der Waals surface area contributed by atoms with Crippen LogP contribution in [0.2, 0.25) is 5.02 Å². The van der Waals surface area contributed by atoms with Gasteiger partial charge < -0.3 is 4.74 Å². The van der Waals surface area contributed by atoms with Crippen molar-refractivity contribution < 1.29 is 4.74 Å². The van der Waals surface area contributed by atoms with Crippen molar-refractivity contribution in [3.05, 3.63) is 23.5 Å². The summed E-state index contributed by atoms with van der Waals surface area (Å²) in [7, 11) is 0. The predicted octanol–water partition coefficient (Wildman–Crippen LogP) is 2.74. The molecule has 0 saturated carbocycles. The first-order chi connectivity index (χ1) is 5.83. The van der Waals surface area contributed by atoms with Crippen molar-refractivity contribution in [2.45, 2.75) is 6.42 Å². The monoisotopic (exact) mass is 205 g/mol. The summed E-state index contributed by atoms with van der Waals surface area (Å²) in [5, 5.41) is 0.582. The van der Waals surface area contributed by atoms with E-state index in [1.807, 2.05) is 0 Å². The van der Waals surface area contributed by atoms with Gasteiger partial charge in [0, 0.05) is 18.1 Å². The Labute approximate surface area is 81.5 Å². The second kappa shape index (κ2) is 5.22. The van der Waals surface area contributed by atoms with Crippen molar-refractivity contribution in [2.75, 3.05) is 12.5 Å². The molecular formula is C8H9Cl2NO. The van der Waals surface area contributed by atoms with E-state index in [1.165, 1.54) is 0 Å². The standard InChI is InChI=1S/C8H9Cl2NO/c9-2-1-3-12-8-4-7(10)5-11-6-8/h4-6H,1-3H2. The summed E-state index contributed by atoms with van der Waals surface area (Å²) in [6, 6.07) is 1.72. The molecule has 0 aliphatic rings. The zero-order valence-corrected chi connectivity index (χ0v) is 7.98. The molecule has 0 spiro atoms. The molecular weight excluding hydrogens is 197 g/mol. The van der Waals surface area contributed by atoms with E-state index in [0.717, 1.165) is 6.42 Å². The highest BCUT2D eigenvalue weighted by molar-refractivity contribution is 6.30. The van der Waals surface area contributed by atoms with Crippen molar-refractivity contribution in [1.82, 2.24) is 4.98 Å². The molecule has 0 amide bonds. The van der Waals surface area contributed by atoms with Crippen LogP contribution in [0.5, 0.6) is 5.75 Å². The van der Waals surface area contributed by atoms with Crippen LogP contribution in [0.1, 0.15) is 6.42 Å². The molecule has 0 saturated heterocycles. The fourth-order valence-corrected chi connectivity index (χ4v) is 0.989. The molecule has 12 heavy (non-hydrogen) atoms. The molecule has 0 aliphatic carbocycles. The Morgan fingerprint density at radius 3 is 2.92 bits per heavy atom. The molecule has 0 atom stereocenters. The summed E-state index contributed by atoms with van der Waals surface area (Å²) in [6.45, 7) is 0.603. The van der Waals surface area contributed by atoms with Crippen molar-refractivity contribution in [3.8, 4) is 5.75 Å². The number of pyridine rings is 1. The molecule has 0 radical (unpaired) electrons. The van der Waals surface area contributed by atoms with Gasteiger partial charge in [-0.25, -0.2) is 0 Å². The molecule has 1 rings (SSSR count). The SMILES string of the molecule is ClCCCOc1cncc(Cl)c1. The van der Waals surface area contributed by atoms with Gasteiger partial charge in [0.1, 0.15) is 5.75 Å². The largest absolute Gasteiger partial charge is 0.492 e. The number of hydrogen-bond donors (Lipinski definition) is 0. The predicted molar refractivity (Wildman–Crippen MR) is 50.1 cm³/mol. The molecule has 0 bridgehead atoms. The fraction of sp³-hybridized carbons (Fsp3) is 0.375. The number of hydrogen-bond acceptors (Lipinski definition) is 2. The van der Waals surface area contributed by atoms with Gasteiger partial charge in [0.05, 0.1) is 17.8 Å². The maximum absolute atomic E-state index is 5.69. The maximum Gasteiger partial charge on any atom is 0.139 e. The van der Waals surface area contributed by atoms with Gasteiger partial charge in [0.2, 0.25) is 0 Å². The van der Waals surface area contributed by atoms with Gasteiger partial charge >= 0.3 is 0 Å². The highest BCUT2D eigenvalue weighted by atomic mass is 35.5. The Morgan fingerprint density at radius 1 is 1.42 bits per heavy atom. The minimum atomic E-state index is 0.582. The average molecular weight is 206 g/mol. The van der Waals surface area contributed by atoms with Crippen LogP contribution in [0, 0.1) is 0 Å². The van der Waals surface area contributed by atoms with Gasteiger partial charge in [0.25, 0.3) is 0 Å². The number of nitrogens with zero attached hydrogens (tertiary/aromatic N) is 1. The van der Waals surface area contributed by atoms with Gasteiger partial charge in [-0.15, -0.1) is 11.6 Å². The minimum Gasteiger partial charge on any atom is -0.492 e. The Kier molecular flexibility index (Phi) is 4.19. The molecule has 2 nitrogen and oxygen atoms in total. The first-order valence-electron chi connectivity index (χ1n) is 3.62. The van der Waals surface area contributed by atoms with Gasteiger partial charge in [-0.05, 0) is 6.42 Å². The molecule has 1 aromatic heterocycles. The van der Waals surface area contributed by atoms with E-state index in [-0.39, 0.29) is 0 Å². The van der Waals surface area contributed by atoms with E-state index < -0.39 is 0 Å². The molecule has 66 valence electrons. The Balaban J connectivity index is 2.41. The summed E-state index contributed by atoms with van der Waals surface area (Å²) < 4.78 is 5.30. The minimum absolute atomic E-state index is 0.582. The summed E-state index contributed by atoms with van der Waals surface area (Å²) in [5.74, 6) is 1.29. The molecule has 4 heteroatoms. The van der Waals surface area contributed by atoms with Crippen molar-refractivity contribution in [1.29, 1.82) is 0 Å². The summed E-state index contributed by atoms with van der Waals surface area (Å²) >= 11 is 11.2. The van der Waals surface area contributed by atoms with Crippen LogP contribution in [-0.2, 0) is 0 Å². The lowest BCUT2D eigenvalue weighted by molar-refractivity contribution is 0.317. The van der Waals surface area contributed by atoms with Gasteiger partial charge in [-0.1, -0.05) is 11.6 Å². The topological polar surface area (TPSA) is 22.1 Å². The molecule has 1 aromatic rings. The number of aromatic nitrogens is 1. The second-order valence-corrected chi connectivity index (χ2v) is 3.04. The van der Waals surface area contributed by atoms with E-state index in [9.17, 15) is 0 Å². The molecule has 0 aromatic carbocycles. The first kappa shape index (κ1) is 9.62. The van der Waals surface area contributed by atoms with Crippen LogP contribution in [0.15, 0.2) is 18.5 Å². The first-order valence-corrected chi connectivity index (χ1v) is 4.53. The average Bonchev–Trinajstić information content (AvgIpc) is 2.05. The van der Waals surface area contributed by atoms with E-state index in [2.05, 4.69) is 4.98 Å². The summed E-state index contributed by atoms with van der Waals surface area (Å²) in [5.41, 5.74) is 0. The van der Waals surface area contributed by atoms with Crippen LogP contribution in [0.25, 0.3) is 0 Å². The lowest BCUT2D eigenvalue weighted by atomic mass is 10.4. The van der Waals surface area contributed by atoms with Gasteiger partial charge in [0.15, 0.2) is 0 Å². The zero-order valence-electron chi connectivity index (χ0n) is 6.46. The van der Waals surface area contributed by atoms with E-state index in [1.54, 1.807) is 18.5 Å². The van der Waals surface area contributed by atoms with Crippen LogP contribution in [0.4, 0.5) is 0 Å². The second-order valence-electron chi connectivity index (χ2n) is 2.23. The van der Waals surface area contributed by atoms with E-state index in [0.29, 0.717) is 23.3 Å². The molecule has 1 heterocycles. The Hall–Kier alpha value is -0.470. The normalized spacial score (nSPS) is 9.83. The van der Waals surface area contributed by atoms with Gasteiger partial charge in [-0.2, -0.15) is 0 Å². The Bertz CT molecular complexity index is 242. The third kappa shape index (κ3) is 3.28. The zero-order chi connectivity index (χ0) is 8.81. The lowest BCUT2D eigenvalue weighted by Gasteiger charge is -2.03. The maximum atomic E-state index is 5.69. The number of ether oxygens (including phenoxy) is 1. The number of halogens is 2. The summed E-state index contributed by atoms with van der Waals surface area (Å²) in [6.07, 6.45) is 4.02. The fourth-order valence-electron chi connectivity index (χ4n) is 0.716. The third-order valence-corrected chi connectivity index (χ3v) is 1.70. The number of alkyl halides is 1. The van der Waals surface area contributed by atoms with E-state index >= 15 is 0 Å². The highest BCUT2D eigenvalue weighted by Crippen LogP contribution is 2.14. The Morgan fingerprint density at radius 2 is 2.25 bits per heavy atom. The quantitative estimate of drug-likeness (QED) is 0.558. The smallest absolute Gasteiger partial charge is 0.139 e. The van der Waals surface area contributed by atoms with Crippen LogP contribution in [-0.4, -0.2) is 17.5 Å². The lowest BCUT2D eigenvalue weighted by Crippen LogP contribution is -1.97. The molecule has 0 unspecified atom stereocenters. The molecule has 0 fully saturated rings. The van der Waals surface area contributed by atoms with Crippen molar-refractivity contribution in [3.63, 3.8) is 0 Å². The van der Waals surface area contributed by atoms with E-state index in [4.69, 9.17) is 27.9 Å². The number of rotatable bonds is 4. The highest BCUT2D eigenvalue weighted by Gasteiger charge is 1.94. The molecule has 0 aliphatic heterocycles. The van der Waals surface area contributed by atoms with Crippen molar-refractivity contribution in [2.24, 2.45) is 0 Å². The summed E-state index contributed by atoms with van der Waals surface area (Å²) in [4.78, 5) is 3.87. The third-order valence-electron chi connectivity index (χ3n) is 1.23. The van der Waals surface area contributed by atoms with Crippen molar-refractivity contribution >= 4 is 23.2 Å². The van der Waals surface area contributed by atoms with Crippen LogP contribution in [0.3, 0.4) is 0 Å².